The highest BCUT2D eigenvalue weighted by atomic mass is 16.3. The Labute approximate surface area is 72.3 Å². The zero-order valence-electron chi connectivity index (χ0n) is 7.25. The number of rotatable bonds is 1. The molecule has 0 amide bonds. The average Bonchev–Trinajstić information content (AvgIpc) is 2.49. The van der Waals surface area contributed by atoms with Gasteiger partial charge in [-0.05, 0) is 42.9 Å². The number of hydrogen-bond acceptors (Lipinski definition) is 2. The van der Waals surface area contributed by atoms with Crippen LogP contribution >= 0.6 is 0 Å². The zero-order chi connectivity index (χ0) is 8.55. The van der Waals surface area contributed by atoms with Crippen LogP contribution in [0.25, 0.3) is 0 Å². The first-order valence-corrected chi connectivity index (χ1v) is 4.35. The normalized spacial score (nSPS) is 21.0. The predicted molar refractivity (Wildman–Crippen MR) is 47.0 cm³/mol. The maximum atomic E-state index is 9.01. The highest BCUT2D eigenvalue weighted by Gasteiger charge is 2.21. The number of aliphatic hydroxyl groups excluding tert-OH is 1. The van der Waals surface area contributed by atoms with Crippen molar-refractivity contribution in [2.45, 2.75) is 19.8 Å². The van der Waals surface area contributed by atoms with Crippen LogP contribution in [0.4, 0.5) is 0 Å². The largest absolute Gasteiger partial charge is 0.396 e. The first-order chi connectivity index (χ1) is 5.81. The minimum absolute atomic E-state index is 0.300. The van der Waals surface area contributed by atoms with Crippen LogP contribution in [0.3, 0.4) is 0 Å². The third-order valence-electron chi connectivity index (χ3n) is 2.63. The Bertz CT molecular complexity index is 296. The van der Waals surface area contributed by atoms with Crippen molar-refractivity contribution in [3.8, 4) is 0 Å². The molecule has 1 aliphatic rings. The molecule has 12 heavy (non-hydrogen) atoms. The Morgan fingerprint density at radius 2 is 2.42 bits per heavy atom. The van der Waals surface area contributed by atoms with Crippen LogP contribution < -0.4 is 0 Å². The molecule has 1 atom stereocenters. The molecule has 0 fully saturated rings. The van der Waals surface area contributed by atoms with Gasteiger partial charge in [0, 0.05) is 18.5 Å². The molecule has 0 bridgehead atoms. The number of aromatic nitrogens is 1. The summed E-state index contributed by atoms with van der Waals surface area (Å²) in [7, 11) is 0. The van der Waals surface area contributed by atoms with Crippen LogP contribution in [0.15, 0.2) is 12.3 Å². The van der Waals surface area contributed by atoms with E-state index in [1.807, 2.05) is 13.1 Å². The van der Waals surface area contributed by atoms with E-state index < -0.39 is 0 Å². The number of nitrogens with zero attached hydrogens (tertiary/aromatic N) is 1. The molecule has 2 nitrogen and oxygen atoms in total. The topological polar surface area (TPSA) is 33.1 Å². The van der Waals surface area contributed by atoms with E-state index in [4.69, 9.17) is 5.11 Å². The van der Waals surface area contributed by atoms with Crippen molar-refractivity contribution in [3.05, 3.63) is 29.1 Å². The molecule has 2 heteroatoms. The maximum Gasteiger partial charge on any atom is 0.0465 e. The molecule has 0 saturated heterocycles. The standard InChI is InChI=1S/C10H13NO/c1-7-10-5-8(6-12)4-9(10)2-3-11-7/h2-3,8,12H,4-6H2,1H3. The van der Waals surface area contributed by atoms with Crippen LogP contribution in [0.1, 0.15) is 16.8 Å². The zero-order valence-corrected chi connectivity index (χ0v) is 7.25. The summed E-state index contributed by atoms with van der Waals surface area (Å²) >= 11 is 0. The van der Waals surface area contributed by atoms with Crippen molar-refractivity contribution in [1.82, 2.24) is 4.98 Å². The van der Waals surface area contributed by atoms with Gasteiger partial charge in [-0.1, -0.05) is 0 Å². The maximum absolute atomic E-state index is 9.01. The second kappa shape index (κ2) is 2.87. The Hall–Kier alpha value is -0.890. The smallest absolute Gasteiger partial charge is 0.0465 e. The van der Waals surface area contributed by atoms with Gasteiger partial charge in [0.15, 0.2) is 0 Å². The van der Waals surface area contributed by atoms with E-state index >= 15 is 0 Å². The highest BCUT2D eigenvalue weighted by Crippen LogP contribution is 2.27. The predicted octanol–water partition coefficient (Wildman–Crippen LogP) is 1.10. The van der Waals surface area contributed by atoms with Crippen molar-refractivity contribution in [1.29, 1.82) is 0 Å². The van der Waals surface area contributed by atoms with Crippen LogP contribution in [0.2, 0.25) is 0 Å². The van der Waals surface area contributed by atoms with E-state index in [1.54, 1.807) is 0 Å². The van der Waals surface area contributed by atoms with Gasteiger partial charge < -0.3 is 5.11 Å². The molecule has 0 radical (unpaired) electrons. The molecule has 1 heterocycles. The van der Waals surface area contributed by atoms with Gasteiger partial charge in [0.25, 0.3) is 0 Å². The first-order valence-electron chi connectivity index (χ1n) is 4.35. The van der Waals surface area contributed by atoms with E-state index in [1.165, 1.54) is 11.1 Å². The summed E-state index contributed by atoms with van der Waals surface area (Å²) < 4.78 is 0. The second-order valence-electron chi connectivity index (χ2n) is 3.49. The fraction of sp³-hybridized carbons (Fsp3) is 0.500. The molecule has 1 aromatic heterocycles. The van der Waals surface area contributed by atoms with Gasteiger partial charge in [0.1, 0.15) is 0 Å². The van der Waals surface area contributed by atoms with E-state index in [9.17, 15) is 0 Å². The molecule has 1 N–H and O–H groups in total. The second-order valence-corrected chi connectivity index (χ2v) is 3.49. The Morgan fingerprint density at radius 1 is 1.58 bits per heavy atom. The third kappa shape index (κ3) is 1.12. The van der Waals surface area contributed by atoms with Gasteiger partial charge >= 0.3 is 0 Å². The average molecular weight is 163 g/mol. The number of aliphatic hydroxyl groups is 1. The lowest BCUT2D eigenvalue weighted by atomic mass is 10.1. The van der Waals surface area contributed by atoms with Gasteiger partial charge in [-0.25, -0.2) is 0 Å². The summed E-state index contributed by atoms with van der Waals surface area (Å²) in [4.78, 5) is 4.24. The SMILES string of the molecule is Cc1nccc2c1CC(CO)C2. The van der Waals surface area contributed by atoms with Crippen molar-refractivity contribution >= 4 is 0 Å². The van der Waals surface area contributed by atoms with Gasteiger partial charge in [-0.3, -0.25) is 4.98 Å². The molecule has 2 rings (SSSR count). The molecule has 0 aliphatic heterocycles. The monoisotopic (exact) mass is 163 g/mol. The van der Waals surface area contributed by atoms with Crippen LogP contribution in [-0.4, -0.2) is 16.7 Å². The van der Waals surface area contributed by atoms with E-state index in [0.717, 1.165) is 18.5 Å². The minimum atomic E-state index is 0.300. The summed E-state index contributed by atoms with van der Waals surface area (Å²) in [5.41, 5.74) is 3.86. The minimum Gasteiger partial charge on any atom is -0.396 e. The summed E-state index contributed by atoms with van der Waals surface area (Å²) in [5.74, 6) is 0.433. The summed E-state index contributed by atoms with van der Waals surface area (Å²) in [6, 6.07) is 2.07. The fourth-order valence-corrected chi connectivity index (χ4v) is 1.92. The first kappa shape index (κ1) is 7.74. The highest BCUT2D eigenvalue weighted by molar-refractivity contribution is 5.34. The van der Waals surface area contributed by atoms with Gasteiger partial charge in [0.05, 0.1) is 0 Å². The summed E-state index contributed by atoms with van der Waals surface area (Å²) in [6.07, 6.45) is 3.88. The molecule has 0 aromatic carbocycles. The lowest BCUT2D eigenvalue weighted by Crippen LogP contribution is -2.04. The molecule has 1 aromatic rings. The van der Waals surface area contributed by atoms with Crippen molar-refractivity contribution in [2.24, 2.45) is 5.92 Å². The van der Waals surface area contributed by atoms with Gasteiger partial charge in [0.2, 0.25) is 0 Å². The molecule has 64 valence electrons. The van der Waals surface area contributed by atoms with Crippen molar-refractivity contribution in [2.75, 3.05) is 6.61 Å². The Morgan fingerprint density at radius 3 is 3.08 bits per heavy atom. The van der Waals surface area contributed by atoms with Crippen molar-refractivity contribution < 1.29 is 5.11 Å². The van der Waals surface area contributed by atoms with Crippen LogP contribution in [0.5, 0.6) is 0 Å². The molecule has 1 aliphatic carbocycles. The van der Waals surface area contributed by atoms with E-state index in [2.05, 4.69) is 11.1 Å². The molecular formula is C10H13NO. The molecular weight excluding hydrogens is 150 g/mol. The number of fused-ring (bicyclic) bond motifs is 1. The Balaban J connectivity index is 2.35. The fourth-order valence-electron chi connectivity index (χ4n) is 1.92. The molecule has 0 saturated carbocycles. The number of hydrogen-bond donors (Lipinski definition) is 1. The summed E-state index contributed by atoms with van der Waals surface area (Å²) in [6.45, 7) is 2.34. The quantitative estimate of drug-likeness (QED) is 0.672. The molecule has 1 unspecified atom stereocenters. The Kier molecular flexibility index (Phi) is 1.85. The van der Waals surface area contributed by atoms with Gasteiger partial charge in [-0.15, -0.1) is 0 Å². The van der Waals surface area contributed by atoms with Crippen LogP contribution in [-0.2, 0) is 12.8 Å². The van der Waals surface area contributed by atoms with E-state index in [-0.39, 0.29) is 0 Å². The lowest BCUT2D eigenvalue weighted by Gasteiger charge is -2.01. The number of pyridine rings is 1. The third-order valence-corrected chi connectivity index (χ3v) is 2.63. The number of aryl methyl sites for hydroxylation is 1. The van der Waals surface area contributed by atoms with Crippen molar-refractivity contribution in [3.63, 3.8) is 0 Å². The van der Waals surface area contributed by atoms with Crippen LogP contribution in [0, 0.1) is 12.8 Å². The summed E-state index contributed by atoms with van der Waals surface area (Å²) in [5, 5.41) is 9.01. The van der Waals surface area contributed by atoms with Gasteiger partial charge in [-0.2, -0.15) is 0 Å². The lowest BCUT2D eigenvalue weighted by molar-refractivity contribution is 0.232. The van der Waals surface area contributed by atoms with E-state index in [0.29, 0.717) is 12.5 Å². The molecule has 0 spiro atoms.